The Kier molecular flexibility index (Phi) is 3.18. The molecule has 1 nitrogen and oxygen atoms in total. The highest BCUT2D eigenvalue weighted by Crippen LogP contribution is 2.33. The zero-order valence-corrected chi connectivity index (χ0v) is 10.2. The van der Waals surface area contributed by atoms with Crippen LogP contribution in [0.5, 0.6) is 0 Å². The van der Waals surface area contributed by atoms with Crippen LogP contribution in [0.4, 0.5) is 8.78 Å². The Morgan fingerprint density at radius 1 is 0.944 bits per heavy atom. The molecule has 0 bridgehead atoms. The third-order valence-electron chi connectivity index (χ3n) is 3.15. The summed E-state index contributed by atoms with van der Waals surface area (Å²) in [6.07, 6.45) is 0. The van der Waals surface area contributed by atoms with Gasteiger partial charge in [0.05, 0.1) is 0 Å². The fourth-order valence-electron chi connectivity index (χ4n) is 2.14. The predicted molar refractivity (Wildman–Crippen MR) is 66.2 cm³/mol. The topological polar surface area (TPSA) is 20.2 Å². The highest BCUT2D eigenvalue weighted by Gasteiger charge is 2.31. The van der Waals surface area contributed by atoms with Gasteiger partial charge < -0.3 is 5.11 Å². The van der Waals surface area contributed by atoms with Gasteiger partial charge in [-0.25, -0.2) is 8.78 Å². The maximum Gasteiger partial charge on any atom is 0.165 e. The summed E-state index contributed by atoms with van der Waals surface area (Å²) in [4.78, 5) is 0. The fourth-order valence-corrected chi connectivity index (χ4v) is 2.14. The smallest absolute Gasteiger partial charge is 0.165 e. The van der Waals surface area contributed by atoms with Crippen molar-refractivity contribution in [2.75, 3.05) is 0 Å². The summed E-state index contributed by atoms with van der Waals surface area (Å²) in [5.41, 5.74) is -0.227. The molecule has 0 fully saturated rings. The number of benzene rings is 2. The second-order valence-electron chi connectivity index (χ2n) is 4.49. The van der Waals surface area contributed by atoms with Gasteiger partial charge in [0, 0.05) is 5.56 Å². The van der Waals surface area contributed by atoms with Crippen molar-refractivity contribution in [3.05, 3.63) is 70.8 Å². The first-order valence-electron chi connectivity index (χ1n) is 5.67. The fraction of sp³-hybridized carbons (Fsp3) is 0.200. The lowest BCUT2D eigenvalue weighted by Crippen LogP contribution is -2.25. The Morgan fingerprint density at radius 2 is 1.56 bits per heavy atom. The molecule has 0 heterocycles. The molecule has 0 saturated heterocycles. The average Bonchev–Trinajstić information content (AvgIpc) is 2.32. The SMILES string of the molecule is Cc1ccccc1C(C)(O)c1cccc(F)c1F. The van der Waals surface area contributed by atoms with Crippen LogP contribution < -0.4 is 0 Å². The summed E-state index contributed by atoms with van der Waals surface area (Å²) in [5.74, 6) is -1.97. The Bertz CT molecular complexity index is 576. The van der Waals surface area contributed by atoms with Crippen molar-refractivity contribution in [2.45, 2.75) is 19.4 Å². The monoisotopic (exact) mass is 248 g/mol. The lowest BCUT2D eigenvalue weighted by Gasteiger charge is -2.26. The van der Waals surface area contributed by atoms with Crippen LogP contribution in [-0.2, 0) is 5.60 Å². The van der Waals surface area contributed by atoms with E-state index in [0.717, 1.165) is 11.6 Å². The van der Waals surface area contributed by atoms with Gasteiger partial charge in [0.1, 0.15) is 5.60 Å². The maximum atomic E-state index is 13.8. The van der Waals surface area contributed by atoms with Crippen molar-refractivity contribution in [1.29, 1.82) is 0 Å². The van der Waals surface area contributed by atoms with Crippen LogP contribution in [0.1, 0.15) is 23.6 Å². The van der Waals surface area contributed by atoms with E-state index >= 15 is 0 Å². The molecule has 18 heavy (non-hydrogen) atoms. The van der Waals surface area contributed by atoms with Gasteiger partial charge in [-0.1, -0.05) is 36.4 Å². The minimum Gasteiger partial charge on any atom is -0.381 e. The van der Waals surface area contributed by atoms with Crippen molar-refractivity contribution < 1.29 is 13.9 Å². The molecule has 2 aromatic carbocycles. The molecule has 0 saturated carbocycles. The maximum absolute atomic E-state index is 13.8. The Balaban J connectivity index is 2.62. The van der Waals surface area contributed by atoms with Crippen LogP contribution >= 0.6 is 0 Å². The summed E-state index contributed by atoms with van der Waals surface area (Å²) >= 11 is 0. The van der Waals surface area contributed by atoms with Gasteiger partial charge in [0.2, 0.25) is 0 Å². The van der Waals surface area contributed by atoms with Gasteiger partial charge in [-0.05, 0) is 31.0 Å². The van der Waals surface area contributed by atoms with Crippen LogP contribution in [-0.4, -0.2) is 5.11 Å². The largest absolute Gasteiger partial charge is 0.381 e. The Hall–Kier alpha value is -1.74. The number of hydrogen-bond acceptors (Lipinski definition) is 1. The van der Waals surface area contributed by atoms with Gasteiger partial charge in [-0.15, -0.1) is 0 Å². The number of halogens is 2. The standard InChI is InChI=1S/C15H14F2O/c1-10-6-3-4-7-11(10)15(2,18)12-8-5-9-13(16)14(12)17/h3-9,18H,1-2H3. The molecule has 0 aliphatic heterocycles. The van der Waals surface area contributed by atoms with E-state index in [1.807, 2.05) is 19.1 Å². The van der Waals surface area contributed by atoms with Crippen LogP contribution in [0, 0.1) is 18.6 Å². The van der Waals surface area contributed by atoms with E-state index in [-0.39, 0.29) is 5.56 Å². The van der Waals surface area contributed by atoms with Crippen LogP contribution in [0.2, 0.25) is 0 Å². The molecular weight excluding hydrogens is 234 g/mol. The van der Waals surface area contributed by atoms with Crippen molar-refractivity contribution in [3.8, 4) is 0 Å². The molecule has 0 aromatic heterocycles. The van der Waals surface area contributed by atoms with Crippen LogP contribution in [0.25, 0.3) is 0 Å². The van der Waals surface area contributed by atoms with E-state index < -0.39 is 17.2 Å². The van der Waals surface area contributed by atoms with Gasteiger partial charge in [0.25, 0.3) is 0 Å². The van der Waals surface area contributed by atoms with Gasteiger partial charge in [0.15, 0.2) is 11.6 Å². The summed E-state index contributed by atoms with van der Waals surface area (Å²) in [6.45, 7) is 3.29. The zero-order valence-electron chi connectivity index (χ0n) is 10.2. The molecule has 2 rings (SSSR count). The summed E-state index contributed by atoms with van der Waals surface area (Å²) in [7, 11) is 0. The van der Waals surface area contributed by atoms with Crippen LogP contribution in [0.3, 0.4) is 0 Å². The summed E-state index contributed by atoms with van der Waals surface area (Å²) in [5, 5.41) is 10.5. The highest BCUT2D eigenvalue weighted by atomic mass is 19.2. The van der Waals surface area contributed by atoms with E-state index in [1.165, 1.54) is 19.1 Å². The number of rotatable bonds is 2. The quantitative estimate of drug-likeness (QED) is 0.862. The molecule has 0 spiro atoms. The third-order valence-corrected chi connectivity index (χ3v) is 3.15. The van der Waals surface area contributed by atoms with E-state index in [0.29, 0.717) is 5.56 Å². The minimum absolute atomic E-state index is 0.0585. The summed E-state index contributed by atoms with van der Waals surface area (Å²) < 4.78 is 27.0. The molecule has 94 valence electrons. The lowest BCUT2D eigenvalue weighted by molar-refractivity contribution is 0.0963. The highest BCUT2D eigenvalue weighted by molar-refractivity contribution is 5.40. The number of aryl methyl sites for hydroxylation is 1. The molecule has 0 aliphatic rings. The predicted octanol–water partition coefficient (Wildman–Crippen LogP) is 3.53. The molecule has 3 heteroatoms. The Labute approximate surface area is 105 Å². The first kappa shape index (κ1) is 12.7. The normalized spacial score (nSPS) is 14.3. The minimum atomic E-state index is -1.56. The van der Waals surface area contributed by atoms with Crippen molar-refractivity contribution in [1.82, 2.24) is 0 Å². The second-order valence-corrected chi connectivity index (χ2v) is 4.49. The van der Waals surface area contributed by atoms with Gasteiger partial charge in [-0.2, -0.15) is 0 Å². The number of hydrogen-bond donors (Lipinski definition) is 1. The van der Waals surface area contributed by atoms with Gasteiger partial charge >= 0.3 is 0 Å². The third kappa shape index (κ3) is 2.02. The molecule has 1 N–H and O–H groups in total. The first-order chi connectivity index (χ1) is 8.44. The molecular formula is C15H14F2O. The second kappa shape index (κ2) is 4.50. The lowest BCUT2D eigenvalue weighted by atomic mass is 9.85. The summed E-state index contributed by atoms with van der Waals surface area (Å²) in [6, 6.07) is 10.9. The molecule has 2 aromatic rings. The molecule has 0 radical (unpaired) electrons. The van der Waals surface area contributed by atoms with E-state index in [2.05, 4.69) is 0 Å². The first-order valence-corrected chi connectivity index (χ1v) is 5.67. The molecule has 0 aliphatic carbocycles. The van der Waals surface area contributed by atoms with E-state index in [4.69, 9.17) is 0 Å². The Morgan fingerprint density at radius 3 is 2.22 bits per heavy atom. The molecule has 1 atom stereocenters. The molecule has 1 unspecified atom stereocenters. The zero-order chi connectivity index (χ0) is 13.3. The van der Waals surface area contributed by atoms with Crippen molar-refractivity contribution in [2.24, 2.45) is 0 Å². The van der Waals surface area contributed by atoms with Gasteiger partial charge in [-0.3, -0.25) is 0 Å². The average molecular weight is 248 g/mol. The number of aliphatic hydroxyl groups is 1. The van der Waals surface area contributed by atoms with Crippen LogP contribution in [0.15, 0.2) is 42.5 Å². The van der Waals surface area contributed by atoms with Crippen molar-refractivity contribution >= 4 is 0 Å². The van der Waals surface area contributed by atoms with E-state index in [1.54, 1.807) is 12.1 Å². The van der Waals surface area contributed by atoms with Crippen molar-refractivity contribution in [3.63, 3.8) is 0 Å². The van der Waals surface area contributed by atoms with E-state index in [9.17, 15) is 13.9 Å². The molecule has 0 amide bonds.